The van der Waals surface area contributed by atoms with Crippen LogP contribution < -0.4 is 15.8 Å². The lowest BCUT2D eigenvalue weighted by molar-refractivity contribution is -0.129. The van der Waals surface area contributed by atoms with Gasteiger partial charge in [-0.15, -0.1) is 0 Å². The Labute approximate surface area is 217 Å². The van der Waals surface area contributed by atoms with Crippen LogP contribution in [0.3, 0.4) is 0 Å². The summed E-state index contributed by atoms with van der Waals surface area (Å²) in [6.07, 6.45) is 1.38. The topological polar surface area (TPSA) is 114 Å². The molecule has 0 atom stereocenters. The van der Waals surface area contributed by atoms with Gasteiger partial charge in [-0.3, -0.25) is 19.0 Å². The summed E-state index contributed by atoms with van der Waals surface area (Å²) in [5.41, 5.74) is 2.63. The fourth-order valence-electron chi connectivity index (χ4n) is 4.29. The van der Waals surface area contributed by atoms with Gasteiger partial charge in [0.25, 0.3) is 5.56 Å². The molecular formula is C26H25ClN6O4. The van der Waals surface area contributed by atoms with E-state index >= 15 is 0 Å². The van der Waals surface area contributed by atoms with Crippen molar-refractivity contribution in [3.8, 4) is 11.3 Å². The van der Waals surface area contributed by atoms with E-state index in [-0.39, 0.29) is 30.5 Å². The highest BCUT2D eigenvalue weighted by Crippen LogP contribution is 2.22. The first-order valence-corrected chi connectivity index (χ1v) is 12.2. The molecule has 1 N–H and O–H groups in total. The number of nitrogens with zero attached hydrogens (tertiary/aromatic N) is 5. The molecule has 2 aromatic heterocycles. The van der Waals surface area contributed by atoms with Gasteiger partial charge in [-0.2, -0.15) is 0 Å². The van der Waals surface area contributed by atoms with Gasteiger partial charge < -0.3 is 19.6 Å². The van der Waals surface area contributed by atoms with Gasteiger partial charge in [0.1, 0.15) is 12.2 Å². The smallest absolute Gasteiger partial charge is 0.261 e. The summed E-state index contributed by atoms with van der Waals surface area (Å²) in [7, 11) is 0. The maximum Gasteiger partial charge on any atom is 0.261 e. The van der Waals surface area contributed by atoms with Gasteiger partial charge in [0.05, 0.1) is 23.8 Å². The van der Waals surface area contributed by atoms with Gasteiger partial charge >= 0.3 is 0 Å². The zero-order valence-corrected chi connectivity index (χ0v) is 20.9. The molecule has 5 rings (SSSR count). The molecule has 37 heavy (non-hydrogen) atoms. The Balaban J connectivity index is 1.24. The van der Waals surface area contributed by atoms with Gasteiger partial charge in [0.2, 0.25) is 11.8 Å². The van der Waals surface area contributed by atoms with Crippen molar-refractivity contribution in [3.05, 3.63) is 76.0 Å². The molecule has 0 aliphatic carbocycles. The number of aromatic nitrogens is 3. The minimum absolute atomic E-state index is 0.0637. The first-order valence-electron chi connectivity index (χ1n) is 11.9. The molecule has 2 amide bonds. The molecule has 1 aliphatic rings. The Bertz CT molecular complexity index is 1510. The number of amides is 2. The summed E-state index contributed by atoms with van der Waals surface area (Å²) < 4.78 is 6.60. The fraction of sp³-hybridized carbons (Fsp3) is 0.269. The first kappa shape index (κ1) is 24.5. The highest BCUT2D eigenvalue weighted by Gasteiger charge is 2.19. The molecule has 4 aromatic rings. The van der Waals surface area contributed by atoms with Crippen LogP contribution in [0.5, 0.6) is 0 Å². The average Bonchev–Trinajstić information content (AvgIpc) is 3.38. The van der Waals surface area contributed by atoms with Crippen LogP contribution in [-0.2, 0) is 22.7 Å². The lowest BCUT2D eigenvalue weighted by Gasteiger charge is -2.35. The molecule has 1 saturated heterocycles. The number of benzene rings is 2. The quantitative estimate of drug-likeness (QED) is 0.416. The second-order valence-corrected chi connectivity index (χ2v) is 9.27. The van der Waals surface area contributed by atoms with Gasteiger partial charge in [-0.05, 0) is 30.3 Å². The van der Waals surface area contributed by atoms with Crippen LogP contribution in [0.1, 0.15) is 12.7 Å². The first-order chi connectivity index (χ1) is 17.9. The van der Waals surface area contributed by atoms with Crippen LogP contribution in [0.2, 0.25) is 5.02 Å². The molecule has 0 spiro atoms. The van der Waals surface area contributed by atoms with Crippen LogP contribution in [0.4, 0.5) is 5.69 Å². The highest BCUT2D eigenvalue weighted by atomic mass is 35.5. The predicted octanol–water partition coefficient (Wildman–Crippen LogP) is 2.69. The lowest BCUT2D eigenvalue weighted by atomic mass is 10.1. The summed E-state index contributed by atoms with van der Waals surface area (Å²) in [6.45, 7) is 4.16. The van der Waals surface area contributed by atoms with Crippen molar-refractivity contribution in [2.45, 2.75) is 20.0 Å². The SMILES string of the molecule is CC(=O)N1CCN(c2ccc3ncn(CC(=O)NCc4cc(-c5ccc(Cl)cc5)no4)c(=O)c3c2)CC1. The van der Waals surface area contributed by atoms with E-state index in [1.54, 1.807) is 37.3 Å². The molecule has 11 heteroatoms. The molecule has 0 bridgehead atoms. The normalized spacial score (nSPS) is 13.7. The third-order valence-electron chi connectivity index (χ3n) is 6.37. The zero-order valence-electron chi connectivity index (χ0n) is 20.2. The molecular weight excluding hydrogens is 496 g/mol. The highest BCUT2D eigenvalue weighted by molar-refractivity contribution is 6.30. The Hall–Kier alpha value is -4.18. The number of piperazine rings is 1. The van der Waals surface area contributed by atoms with E-state index in [2.05, 4.69) is 20.4 Å². The van der Waals surface area contributed by atoms with E-state index in [1.165, 1.54) is 10.9 Å². The van der Waals surface area contributed by atoms with Crippen molar-refractivity contribution in [3.63, 3.8) is 0 Å². The molecule has 2 aromatic carbocycles. The van der Waals surface area contributed by atoms with Crippen LogP contribution >= 0.6 is 11.6 Å². The number of rotatable bonds is 6. The molecule has 190 valence electrons. The Morgan fingerprint density at radius 2 is 1.81 bits per heavy atom. The summed E-state index contributed by atoms with van der Waals surface area (Å²) in [6, 6.07) is 14.5. The molecule has 10 nitrogen and oxygen atoms in total. The fourth-order valence-corrected chi connectivity index (χ4v) is 4.41. The maximum atomic E-state index is 13.1. The van der Waals surface area contributed by atoms with Gasteiger partial charge in [-0.25, -0.2) is 4.98 Å². The second kappa shape index (κ2) is 10.4. The Morgan fingerprint density at radius 1 is 1.05 bits per heavy atom. The summed E-state index contributed by atoms with van der Waals surface area (Å²) in [4.78, 5) is 45.6. The van der Waals surface area contributed by atoms with E-state index in [1.807, 2.05) is 23.1 Å². The number of hydrogen-bond acceptors (Lipinski definition) is 7. The molecule has 0 unspecified atom stereocenters. The maximum absolute atomic E-state index is 13.1. The van der Waals surface area contributed by atoms with Gasteiger partial charge in [0, 0.05) is 55.4 Å². The predicted molar refractivity (Wildman–Crippen MR) is 139 cm³/mol. The van der Waals surface area contributed by atoms with Gasteiger partial charge in [0.15, 0.2) is 5.76 Å². The van der Waals surface area contributed by atoms with Crippen molar-refractivity contribution in [1.82, 2.24) is 24.9 Å². The van der Waals surface area contributed by atoms with Gasteiger partial charge in [-0.1, -0.05) is 28.9 Å². The monoisotopic (exact) mass is 520 g/mol. The van der Waals surface area contributed by atoms with Crippen LogP contribution in [0.15, 0.2) is 64.2 Å². The third kappa shape index (κ3) is 5.49. The van der Waals surface area contributed by atoms with Crippen LogP contribution in [0, 0.1) is 0 Å². The summed E-state index contributed by atoms with van der Waals surface area (Å²) in [5, 5.41) is 7.84. The minimum atomic E-state index is -0.357. The van der Waals surface area contributed by atoms with E-state index < -0.39 is 0 Å². The summed E-state index contributed by atoms with van der Waals surface area (Å²) >= 11 is 5.92. The second-order valence-electron chi connectivity index (χ2n) is 8.83. The van der Waals surface area contributed by atoms with Crippen molar-refractivity contribution in [2.24, 2.45) is 0 Å². The van der Waals surface area contributed by atoms with E-state index in [9.17, 15) is 14.4 Å². The lowest BCUT2D eigenvalue weighted by Crippen LogP contribution is -2.48. The largest absolute Gasteiger partial charge is 0.368 e. The van der Waals surface area contributed by atoms with E-state index in [4.69, 9.17) is 16.1 Å². The standard InChI is InChI=1S/C26H25ClN6O4/c1-17(34)31-8-10-32(11-9-31)20-6-7-23-22(12-20)26(36)33(16-29-23)15-25(35)28-14-21-13-24(30-37-21)18-2-4-19(27)5-3-18/h2-7,12-13,16H,8-11,14-15H2,1H3,(H,28,35). The molecule has 1 fully saturated rings. The minimum Gasteiger partial charge on any atom is -0.368 e. The number of carbonyl (C=O) groups is 2. The number of hydrogen-bond donors (Lipinski definition) is 1. The number of carbonyl (C=O) groups excluding carboxylic acids is 2. The van der Waals surface area contributed by atoms with Crippen molar-refractivity contribution < 1.29 is 14.1 Å². The number of halogens is 1. The summed E-state index contributed by atoms with van der Waals surface area (Å²) in [5.74, 6) is 0.190. The van der Waals surface area contributed by atoms with Crippen molar-refractivity contribution in [1.29, 1.82) is 0 Å². The van der Waals surface area contributed by atoms with E-state index in [0.717, 1.165) is 11.3 Å². The third-order valence-corrected chi connectivity index (χ3v) is 6.62. The number of anilines is 1. The van der Waals surface area contributed by atoms with Crippen LogP contribution in [-0.4, -0.2) is 57.6 Å². The van der Waals surface area contributed by atoms with E-state index in [0.29, 0.717) is 53.6 Å². The van der Waals surface area contributed by atoms with Crippen LogP contribution in [0.25, 0.3) is 22.2 Å². The molecule has 0 radical (unpaired) electrons. The number of nitrogens with one attached hydrogen (secondary N) is 1. The molecule has 3 heterocycles. The number of fused-ring (bicyclic) bond motifs is 1. The zero-order chi connectivity index (χ0) is 25.9. The average molecular weight is 521 g/mol. The molecule has 1 aliphatic heterocycles. The molecule has 0 saturated carbocycles. The Morgan fingerprint density at radius 3 is 2.54 bits per heavy atom. The van der Waals surface area contributed by atoms with Crippen molar-refractivity contribution in [2.75, 3.05) is 31.1 Å². The Kier molecular flexibility index (Phi) is 6.91. The van der Waals surface area contributed by atoms with Crippen molar-refractivity contribution >= 4 is 40.0 Å².